The molecule has 1 saturated carbocycles. The van der Waals surface area contributed by atoms with Gasteiger partial charge in [0.05, 0.1) is 19.6 Å². The molecule has 2 aromatic carbocycles. The number of carbonyl (C=O) groups excluding carboxylic acids is 1. The average Bonchev–Trinajstić information content (AvgIpc) is 2.66. The van der Waals surface area contributed by atoms with E-state index in [0.29, 0.717) is 17.3 Å². The number of fused-ring (bicyclic) bond motifs is 1. The van der Waals surface area contributed by atoms with Gasteiger partial charge in [0.25, 0.3) is 0 Å². The molecule has 1 aliphatic heterocycles. The first-order valence-electron chi connectivity index (χ1n) is 9.36. The van der Waals surface area contributed by atoms with Crippen LogP contribution in [-0.2, 0) is 23.2 Å². The van der Waals surface area contributed by atoms with Crippen LogP contribution in [0.5, 0.6) is 11.5 Å². The third-order valence-corrected chi connectivity index (χ3v) is 6.27. The zero-order valence-corrected chi connectivity index (χ0v) is 16.5. The van der Waals surface area contributed by atoms with Gasteiger partial charge in [-0.25, -0.2) is 0 Å². The Kier molecular flexibility index (Phi) is 4.77. The maximum Gasteiger partial charge on any atom is 0.233 e. The summed E-state index contributed by atoms with van der Waals surface area (Å²) in [5.41, 5.74) is 3.06. The molecule has 0 spiro atoms. The Bertz CT molecular complexity index is 859. The Hall–Kier alpha value is -2.20. The SMILES string of the molecule is COc1cc2c(cc1OC)CN(C(=O)C1(c3ccc(Cl)cc3)CCC1)CC2. The van der Waals surface area contributed by atoms with Crippen LogP contribution in [0.25, 0.3) is 0 Å². The van der Waals surface area contributed by atoms with Gasteiger partial charge in [0.1, 0.15) is 0 Å². The minimum absolute atomic E-state index is 0.233. The van der Waals surface area contributed by atoms with Crippen molar-refractivity contribution in [3.8, 4) is 11.5 Å². The molecule has 0 bridgehead atoms. The second-order valence-electron chi connectivity index (χ2n) is 7.40. The van der Waals surface area contributed by atoms with E-state index in [-0.39, 0.29) is 5.91 Å². The van der Waals surface area contributed by atoms with Gasteiger partial charge in [-0.2, -0.15) is 0 Å². The maximum atomic E-state index is 13.5. The van der Waals surface area contributed by atoms with Crippen molar-refractivity contribution in [2.24, 2.45) is 0 Å². The Morgan fingerprint density at radius 1 is 1.04 bits per heavy atom. The molecule has 0 radical (unpaired) electrons. The highest BCUT2D eigenvalue weighted by atomic mass is 35.5. The number of hydrogen-bond donors (Lipinski definition) is 0. The lowest BCUT2D eigenvalue weighted by Gasteiger charge is -2.45. The topological polar surface area (TPSA) is 38.8 Å². The van der Waals surface area contributed by atoms with E-state index in [9.17, 15) is 4.79 Å². The van der Waals surface area contributed by atoms with Crippen molar-refractivity contribution >= 4 is 17.5 Å². The Morgan fingerprint density at radius 2 is 1.67 bits per heavy atom. The van der Waals surface area contributed by atoms with Crippen molar-refractivity contribution in [1.82, 2.24) is 4.90 Å². The fourth-order valence-corrected chi connectivity index (χ4v) is 4.41. The molecule has 1 heterocycles. The number of carbonyl (C=O) groups is 1. The van der Waals surface area contributed by atoms with E-state index in [0.717, 1.165) is 49.1 Å². The highest BCUT2D eigenvalue weighted by Crippen LogP contribution is 2.46. The van der Waals surface area contributed by atoms with Crippen LogP contribution >= 0.6 is 11.6 Å². The molecule has 1 aliphatic carbocycles. The summed E-state index contributed by atoms with van der Waals surface area (Å²) in [4.78, 5) is 15.5. The summed E-state index contributed by atoms with van der Waals surface area (Å²) in [6.07, 6.45) is 3.73. The van der Waals surface area contributed by atoms with Crippen LogP contribution in [0.4, 0.5) is 0 Å². The van der Waals surface area contributed by atoms with Crippen molar-refractivity contribution < 1.29 is 14.3 Å². The normalized spacial score (nSPS) is 17.7. The molecular formula is C22H24ClNO3. The van der Waals surface area contributed by atoms with Crippen LogP contribution in [0.15, 0.2) is 36.4 Å². The average molecular weight is 386 g/mol. The molecule has 2 aliphatic rings. The van der Waals surface area contributed by atoms with Crippen LogP contribution < -0.4 is 9.47 Å². The first-order valence-corrected chi connectivity index (χ1v) is 9.74. The predicted octanol–water partition coefficient (Wildman–Crippen LogP) is 4.36. The zero-order chi connectivity index (χ0) is 19.0. The molecule has 1 fully saturated rings. The van der Waals surface area contributed by atoms with Crippen molar-refractivity contribution in [1.29, 1.82) is 0 Å². The highest BCUT2D eigenvalue weighted by Gasteiger charge is 2.48. The van der Waals surface area contributed by atoms with Crippen LogP contribution in [0.1, 0.15) is 36.0 Å². The zero-order valence-electron chi connectivity index (χ0n) is 15.8. The van der Waals surface area contributed by atoms with Crippen LogP contribution in [0, 0.1) is 0 Å². The molecular weight excluding hydrogens is 362 g/mol. The Labute approximate surface area is 165 Å². The number of amides is 1. The molecule has 0 unspecified atom stereocenters. The van der Waals surface area contributed by atoms with E-state index < -0.39 is 5.41 Å². The minimum atomic E-state index is -0.390. The monoisotopic (exact) mass is 385 g/mol. The number of ether oxygens (including phenoxy) is 2. The Balaban J connectivity index is 1.61. The fourth-order valence-electron chi connectivity index (χ4n) is 4.28. The lowest BCUT2D eigenvalue weighted by atomic mass is 9.63. The smallest absolute Gasteiger partial charge is 0.233 e. The Morgan fingerprint density at radius 3 is 2.22 bits per heavy atom. The van der Waals surface area contributed by atoms with E-state index in [1.165, 1.54) is 5.56 Å². The molecule has 142 valence electrons. The van der Waals surface area contributed by atoms with Gasteiger partial charge in [-0.15, -0.1) is 0 Å². The van der Waals surface area contributed by atoms with E-state index in [1.807, 2.05) is 41.3 Å². The summed E-state index contributed by atoms with van der Waals surface area (Å²) in [6, 6.07) is 11.8. The molecule has 5 heteroatoms. The van der Waals surface area contributed by atoms with Gasteiger partial charge in [0, 0.05) is 18.1 Å². The molecule has 0 saturated heterocycles. The van der Waals surface area contributed by atoms with Gasteiger partial charge in [-0.3, -0.25) is 4.79 Å². The quantitative estimate of drug-likeness (QED) is 0.784. The van der Waals surface area contributed by atoms with Gasteiger partial charge >= 0.3 is 0 Å². The predicted molar refractivity (Wildman–Crippen MR) is 106 cm³/mol. The molecule has 27 heavy (non-hydrogen) atoms. The van der Waals surface area contributed by atoms with Gasteiger partial charge in [-0.05, 0) is 60.2 Å². The summed E-state index contributed by atoms with van der Waals surface area (Å²) in [6.45, 7) is 1.35. The highest BCUT2D eigenvalue weighted by molar-refractivity contribution is 6.30. The molecule has 0 atom stereocenters. The fraction of sp³-hybridized carbons (Fsp3) is 0.409. The van der Waals surface area contributed by atoms with Crippen LogP contribution in [0.3, 0.4) is 0 Å². The van der Waals surface area contributed by atoms with Gasteiger partial charge < -0.3 is 14.4 Å². The third kappa shape index (κ3) is 3.06. The maximum absolute atomic E-state index is 13.5. The lowest BCUT2D eigenvalue weighted by molar-refractivity contribution is -0.142. The van der Waals surface area contributed by atoms with Gasteiger partial charge in [0.2, 0.25) is 5.91 Å². The number of nitrogens with zero attached hydrogens (tertiary/aromatic N) is 1. The number of halogens is 1. The third-order valence-electron chi connectivity index (χ3n) is 6.02. The second-order valence-corrected chi connectivity index (χ2v) is 7.83. The van der Waals surface area contributed by atoms with E-state index >= 15 is 0 Å². The van der Waals surface area contributed by atoms with Crippen molar-refractivity contribution in [3.05, 3.63) is 58.1 Å². The first kappa shape index (κ1) is 18.2. The molecule has 4 nitrogen and oxygen atoms in total. The summed E-state index contributed by atoms with van der Waals surface area (Å²) in [5, 5.41) is 0.702. The molecule has 1 amide bonds. The number of methoxy groups -OCH3 is 2. The van der Waals surface area contributed by atoms with Crippen molar-refractivity contribution in [3.63, 3.8) is 0 Å². The number of rotatable bonds is 4. The minimum Gasteiger partial charge on any atom is -0.493 e. The van der Waals surface area contributed by atoms with Gasteiger partial charge in [0.15, 0.2) is 11.5 Å². The summed E-state index contributed by atoms with van der Waals surface area (Å²) >= 11 is 6.04. The van der Waals surface area contributed by atoms with Crippen LogP contribution in [-0.4, -0.2) is 31.6 Å². The van der Waals surface area contributed by atoms with Crippen molar-refractivity contribution in [2.45, 2.75) is 37.6 Å². The molecule has 2 aromatic rings. The van der Waals surface area contributed by atoms with E-state index in [4.69, 9.17) is 21.1 Å². The van der Waals surface area contributed by atoms with Crippen molar-refractivity contribution in [2.75, 3.05) is 20.8 Å². The number of hydrogen-bond acceptors (Lipinski definition) is 3. The first-order chi connectivity index (χ1) is 13.1. The summed E-state index contributed by atoms with van der Waals surface area (Å²) in [7, 11) is 3.29. The second kappa shape index (κ2) is 7.08. The van der Waals surface area contributed by atoms with E-state index in [2.05, 4.69) is 0 Å². The van der Waals surface area contributed by atoms with Crippen LogP contribution in [0.2, 0.25) is 5.02 Å². The molecule has 4 rings (SSSR count). The van der Waals surface area contributed by atoms with Gasteiger partial charge in [-0.1, -0.05) is 30.2 Å². The summed E-state index contributed by atoms with van der Waals surface area (Å²) < 4.78 is 10.8. The largest absolute Gasteiger partial charge is 0.493 e. The number of benzene rings is 2. The van der Waals surface area contributed by atoms with E-state index in [1.54, 1.807) is 14.2 Å². The molecule has 0 N–H and O–H groups in total. The molecule has 0 aromatic heterocycles. The standard InChI is InChI=1S/C22H24ClNO3/c1-26-19-12-15-8-11-24(14-16(15)13-20(19)27-2)21(25)22(9-3-10-22)17-4-6-18(23)7-5-17/h4-7,12-13H,3,8-11,14H2,1-2H3. The summed E-state index contributed by atoms with van der Waals surface area (Å²) in [5.74, 6) is 1.69. The lowest BCUT2D eigenvalue weighted by Crippen LogP contribution is -2.52.